The summed E-state index contributed by atoms with van der Waals surface area (Å²) in [5, 5.41) is 10.1. The highest BCUT2D eigenvalue weighted by atomic mass is 16.5. The van der Waals surface area contributed by atoms with Gasteiger partial charge in [0.2, 0.25) is 0 Å². The first-order valence-electron chi connectivity index (χ1n) is 10.6. The average molecular weight is 369 g/mol. The number of carbonyl (C=O) groups is 1. The normalized spacial score (nSPS) is 44.5. The quantitative estimate of drug-likeness (QED) is 0.340. The smallest absolute Gasteiger partial charge is 0.331 e. The van der Waals surface area contributed by atoms with Gasteiger partial charge in [0.05, 0.1) is 6.10 Å². The molecule has 0 bridgehead atoms. The largest absolute Gasteiger partial charge is 0.449 e. The third-order valence-corrected chi connectivity index (χ3v) is 8.52. The summed E-state index contributed by atoms with van der Waals surface area (Å²) in [6, 6.07) is 0. The first-order chi connectivity index (χ1) is 12.9. The molecule has 27 heavy (non-hydrogen) atoms. The number of terminal acetylenes is 1. The molecule has 4 aliphatic rings. The van der Waals surface area contributed by atoms with Crippen molar-refractivity contribution in [3.05, 3.63) is 23.3 Å². The van der Waals surface area contributed by atoms with Gasteiger partial charge in [0.1, 0.15) is 0 Å². The van der Waals surface area contributed by atoms with Gasteiger partial charge in [-0.2, -0.15) is 0 Å². The molecule has 0 amide bonds. The van der Waals surface area contributed by atoms with Crippen molar-refractivity contribution in [2.24, 2.45) is 28.6 Å². The Hall–Kier alpha value is -1.53. The number of carbonyl (C=O) groups excluding carboxylic acids is 1. The van der Waals surface area contributed by atoms with E-state index in [1.54, 1.807) is 6.08 Å². The standard InChI is InChI=1S/C24H32O3/c1-4-13-27-22(26)15-17-6-8-20-19-7-5-16-14-18(25)9-11-23(16,2)21(19)10-12-24(17,20)3/h1,5,15,18-21,25H,6-14H2,2-3H3/b17-15+/t18-,19-,20-,21-,23-,24+/m0/s1. The molecule has 0 saturated heterocycles. The Labute approximate surface area is 163 Å². The van der Waals surface area contributed by atoms with Gasteiger partial charge in [-0.25, -0.2) is 4.79 Å². The molecule has 0 aromatic heterocycles. The molecule has 3 heteroatoms. The van der Waals surface area contributed by atoms with E-state index in [9.17, 15) is 9.90 Å². The summed E-state index contributed by atoms with van der Waals surface area (Å²) in [5.41, 5.74) is 3.16. The monoisotopic (exact) mass is 368 g/mol. The Balaban J connectivity index is 1.58. The van der Waals surface area contributed by atoms with Crippen molar-refractivity contribution in [3.63, 3.8) is 0 Å². The molecule has 0 aliphatic heterocycles. The van der Waals surface area contributed by atoms with E-state index in [4.69, 9.17) is 11.2 Å². The molecule has 3 nitrogen and oxygen atoms in total. The van der Waals surface area contributed by atoms with Gasteiger partial charge in [-0.1, -0.05) is 37.0 Å². The van der Waals surface area contributed by atoms with Crippen LogP contribution in [0.2, 0.25) is 0 Å². The minimum absolute atomic E-state index is 0.0469. The van der Waals surface area contributed by atoms with Crippen molar-refractivity contribution >= 4 is 5.97 Å². The molecule has 4 aliphatic carbocycles. The Morgan fingerprint density at radius 3 is 2.81 bits per heavy atom. The van der Waals surface area contributed by atoms with Crippen LogP contribution in [-0.2, 0) is 9.53 Å². The van der Waals surface area contributed by atoms with Crippen LogP contribution in [0.1, 0.15) is 65.2 Å². The lowest BCUT2D eigenvalue weighted by Gasteiger charge is -2.57. The first-order valence-corrected chi connectivity index (χ1v) is 10.6. The summed E-state index contributed by atoms with van der Waals surface area (Å²) in [5.74, 6) is 4.13. The Morgan fingerprint density at radius 2 is 2.04 bits per heavy atom. The summed E-state index contributed by atoms with van der Waals surface area (Å²) >= 11 is 0. The van der Waals surface area contributed by atoms with Crippen LogP contribution in [0, 0.1) is 40.9 Å². The van der Waals surface area contributed by atoms with Gasteiger partial charge in [-0.15, -0.1) is 6.42 Å². The molecule has 146 valence electrons. The molecular weight excluding hydrogens is 336 g/mol. The maximum Gasteiger partial charge on any atom is 0.331 e. The minimum Gasteiger partial charge on any atom is -0.449 e. The third kappa shape index (κ3) is 2.97. The number of hydrogen-bond donors (Lipinski definition) is 1. The second-order valence-corrected chi connectivity index (χ2v) is 9.63. The number of esters is 1. The van der Waals surface area contributed by atoms with Crippen LogP contribution in [0.5, 0.6) is 0 Å². The Bertz CT molecular complexity index is 726. The van der Waals surface area contributed by atoms with Gasteiger partial charge in [0.15, 0.2) is 6.61 Å². The Morgan fingerprint density at radius 1 is 1.30 bits per heavy atom. The van der Waals surface area contributed by atoms with Crippen molar-refractivity contribution in [1.29, 1.82) is 0 Å². The zero-order valence-electron chi connectivity index (χ0n) is 16.7. The van der Waals surface area contributed by atoms with Gasteiger partial charge >= 0.3 is 5.97 Å². The number of aliphatic hydroxyl groups excluding tert-OH is 1. The number of fused-ring (bicyclic) bond motifs is 5. The van der Waals surface area contributed by atoms with Crippen molar-refractivity contribution < 1.29 is 14.6 Å². The van der Waals surface area contributed by atoms with Crippen LogP contribution in [0.4, 0.5) is 0 Å². The van der Waals surface area contributed by atoms with Crippen LogP contribution in [0.3, 0.4) is 0 Å². The highest BCUT2D eigenvalue weighted by molar-refractivity contribution is 5.83. The van der Waals surface area contributed by atoms with Crippen LogP contribution < -0.4 is 0 Å². The molecule has 0 unspecified atom stereocenters. The van der Waals surface area contributed by atoms with Gasteiger partial charge in [0.25, 0.3) is 0 Å². The van der Waals surface area contributed by atoms with Crippen LogP contribution in [0.15, 0.2) is 23.3 Å². The molecular formula is C24H32O3. The zero-order valence-corrected chi connectivity index (χ0v) is 16.7. The molecule has 4 rings (SSSR count). The van der Waals surface area contributed by atoms with Gasteiger partial charge in [-0.3, -0.25) is 0 Å². The first kappa shape index (κ1) is 18.8. The predicted molar refractivity (Wildman–Crippen MR) is 106 cm³/mol. The Kier molecular flexibility index (Phi) is 4.75. The zero-order chi connectivity index (χ0) is 19.2. The van der Waals surface area contributed by atoms with E-state index in [0.717, 1.165) is 44.4 Å². The van der Waals surface area contributed by atoms with Gasteiger partial charge in [0, 0.05) is 6.08 Å². The number of rotatable bonds is 2. The molecule has 0 aromatic rings. The lowest BCUT2D eigenvalue weighted by molar-refractivity contribution is -0.136. The SMILES string of the molecule is C#CCOC(=O)/C=C1\CC[C@H]2[C@@H]3CC=C4C[C@@H](O)CC[C@]4(C)[C@H]3CC[C@]12C. The number of ether oxygens (including phenoxy) is 1. The summed E-state index contributed by atoms with van der Waals surface area (Å²) in [4.78, 5) is 12.1. The molecule has 1 N–H and O–H groups in total. The number of hydrogen-bond acceptors (Lipinski definition) is 3. The fraction of sp³-hybridized carbons (Fsp3) is 0.708. The average Bonchev–Trinajstić information content (AvgIpc) is 2.97. The van der Waals surface area contributed by atoms with Gasteiger partial charge < -0.3 is 9.84 Å². The highest BCUT2D eigenvalue weighted by Crippen LogP contribution is 2.66. The second-order valence-electron chi connectivity index (χ2n) is 9.63. The highest BCUT2D eigenvalue weighted by Gasteiger charge is 2.57. The van der Waals surface area contributed by atoms with Crippen LogP contribution in [-0.4, -0.2) is 23.8 Å². The fourth-order valence-electron chi connectivity index (χ4n) is 7.02. The summed E-state index contributed by atoms with van der Waals surface area (Å²) in [6.45, 7) is 4.87. The van der Waals surface area contributed by atoms with E-state index >= 15 is 0 Å². The van der Waals surface area contributed by atoms with E-state index in [0.29, 0.717) is 11.8 Å². The fourth-order valence-corrected chi connectivity index (χ4v) is 7.02. The van der Waals surface area contributed by atoms with E-state index in [1.807, 2.05) is 0 Å². The second kappa shape index (κ2) is 6.82. The summed E-state index contributed by atoms with van der Waals surface area (Å²) < 4.78 is 5.10. The van der Waals surface area contributed by atoms with Crippen molar-refractivity contribution in [3.8, 4) is 12.3 Å². The van der Waals surface area contributed by atoms with Crippen LogP contribution in [0.25, 0.3) is 0 Å². The molecule has 0 aromatic carbocycles. The van der Waals surface area contributed by atoms with E-state index in [2.05, 4.69) is 25.8 Å². The van der Waals surface area contributed by atoms with Crippen molar-refractivity contribution in [2.75, 3.05) is 6.61 Å². The van der Waals surface area contributed by atoms with E-state index in [1.165, 1.54) is 24.0 Å². The molecule has 6 atom stereocenters. The lowest BCUT2D eigenvalue weighted by Crippen LogP contribution is -2.49. The van der Waals surface area contributed by atoms with Crippen molar-refractivity contribution in [2.45, 2.75) is 71.3 Å². The van der Waals surface area contributed by atoms with E-state index in [-0.39, 0.29) is 29.5 Å². The van der Waals surface area contributed by atoms with Crippen LogP contribution >= 0.6 is 0 Å². The van der Waals surface area contributed by atoms with E-state index < -0.39 is 0 Å². The molecule has 0 radical (unpaired) electrons. The third-order valence-electron chi connectivity index (χ3n) is 8.52. The van der Waals surface area contributed by atoms with Gasteiger partial charge in [-0.05, 0) is 80.0 Å². The van der Waals surface area contributed by atoms with Crippen molar-refractivity contribution in [1.82, 2.24) is 0 Å². The number of allylic oxidation sites excluding steroid dienone is 2. The molecule has 3 fully saturated rings. The number of aliphatic hydroxyl groups is 1. The maximum absolute atomic E-state index is 12.1. The lowest BCUT2D eigenvalue weighted by atomic mass is 9.48. The minimum atomic E-state index is -0.286. The molecule has 0 spiro atoms. The molecule has 3 saturated carbocycles. The summed E-state index contributed by atoms with van der Waals surface area (Å²) in [7, 11) is 0. The maximum atomic E-state index is 12.1. The summed E-state index contributed by atoms with van der Waals surface area (Å²) in [6.07, 6.45) is 17.8. The molecule has 0 heterocycles. The predicted octanol–water partition coefficient (Wildman–Crippen LogP) is 4.41. The topological polar surface area (TPSA) is 46.5 Å².